The van der Waals surface area contributed by atoms with Gasteiger partial charge in [0.1, 0.15) is 16.8 Å². The average molecular weight is 441 g/mol. The van der Waals surface area contributed by atoms with Crippen LogP contribution in [0.15, 0.2) is 29.2 Å². The van der Waals surface area contributed by atoms with Crippen molar-refractivity contribution in [3.05, 3.63) is 35.5 Å². The monoisotopic (exact) mass is 440 g/mol. The summed E-state index contributed by atoms with van der Waals surface area (Å²) in [7, 11) is -1.12. The van der Waals surface area contributed by atoms with Crippen molar-refractivity contribution in [2.24, 2.45) is 5.92 Å². The smallest absolute Gasteiger partial charge is 0.227 e. The molecule has 1 saturated heterocycles. The van der Waals surface area contributed by atoms with Crippen LogP contribution in [-0.4, -0.2) is 63.9 Å². The van der Waals surface area contributed by atoms with E-state index in [1.165, 1.54) is 0 Å². The van der Waals surface area contributed by atoms with Crippen LogP contribution in [0.1, 0.15) is 25.1 Å². The summed E-state index contributed by atoms with van der Waals surface area (Å²) in [5.41, 5.74) is 2.48. The number of hydrogen-bond donors (Lipinski definition) is 2. The van der Waals surface area contributed by atoms with Gasteiger partial charge in [-0.25, -0.2) is 4.98 Å². The summed E-state index contributed by atoms with van der Waals surface area (Å²) in [6, 6.07) is 9.77. The van der Waals surface area contributed by atoms with Gasteiger partial charge in [-0.1, -0.05) is 26.0 Å². The number of rotatable bonds is 6. The highest BCUT2D eigenvalue weighted by atomic mass is 32.2. The molecule has 1 unspecified atom stereocenters. The van der Waals surface area contributed by atoms with E-state index in [4.69, 9.17) is 9.97 Å². The van der Waals surface area contributed by atoms with Gasteiger partial charge in [-0.05, 0) is 18.1 Å². The molecule has 4 rings (SSSR count). The van der Waals surface area contributed by atoms with Gasteiger partial charge in [0.05, 0.1) is 40.4 Å². The predicted octanol–water partition coefficient (Wildman–Crippen LogP) is 1.77. The van der Waals surface area contributed by atoms with Crippen molar-refractivity contribution < 1.29 is 9.32 Å². The summed E-state index contributed by atoms with van der Waals surface area (Å²) in [5, 5.41) is 22.5. The molecule has 0 amide bonds. The van der Waals surface area contributed by atoms with Crippen molar-refractivity contribution in [3.8, 4) is 6.07 Å². The summed E-state index contributed by atoms with van der Waals surface area (Å²) in [4.78, 5) is 14.5. The van der Waals surface area contributed by atoms with Crippen molar-refractivity contribution in [1.82, 2.24) is 9.97 Å². The van der Waals surface area contributed by atoms with Gasteiger partial charge in [-0.15, -0.1) is 0 Å². The molecular weight excluding hydrogens is 412 g/mol. The van der Waals surface area contributed by atoms with Gasteiger partial charge in [-0.3, -0.25) is 4.21 Å². The molecule has 2 N–H and O–H groups in total. The Kier molecular flexibility index (Phi) is 6.39. The molecule has 8 nitrogen and oxygen atoms in total. The number of nitriles is 1. The Bertz CT molecular complexity index is 1010. The van der Waals surface area contributed by atoms with Crippen molar-refractivity contribution in [1.29, 1.82) is 5.26 Å². The van der Waals surface area contributed by atoms with Crippen LogP contribution in [0.4, 0.5) is 17.5 Å². The van der Waals surface area contributed by atoms with Crippen LogP contribution in [0.3, 0.4) is 0 Å². The first-order chi connectivity index (χ1) is 15.0. The number of fused-ring (bicyclic) bond motifs is 1. The molecule has 0 aliphatic carbocycles. The van der Waals surface area contributed by atoms with Crippen LogP contribution >= 0.6 is 0 Å². The van der Waals surface area contributed by atoms with E-state index in [0.717, 1.165) is 37.6 Å². The topological polar surface area (TPSA) is 105 Å². The predicted molar refractivity (Wildman–Crippen MR) is 122 cm³/mol. The normalized spacial score (nSPS) is 19.3. The molecule has 0 radical (unpaired) electrons. The van der Waals surface area contributed by atoms with Gasteiger partial charge < -0.3 is 20.2 Å². The van der Waals surface area contributed by atoms with E-state index in [9.17, 15) is 14.6 Å². The molecule has 1 fully saturated rings. The summed E-state index contributed by atoms with van der Waals surface area (Å²) in [5.74, 6) is 1.99. The van der Waals surface area contributed by atoms with Gasteiger partial charge in [0.2, 0.25) is 5.95 Å². The van der Waals surface area contributed by atoms with Crippen LogP contribution in [0.5, 0.6) is 0 Å². The van der Waals surface area contributed by atoms with E-state index in [2.05, 4.69) is 21.2 Å². The van der Waals surface area contributed by atoms with Crippen LogP contribution in [0.2, 0.25) is 0 Å². The first-order valence-corrected chi connectivity index (χ1v) is 12.0. The number of aliphatic hydroxyl groups is 1. The Morgan fingerprint density at radius 2 is 1.90 bits per heavy atom. The SMILES string of the molecule is CC(C)[C@H](CO)Nc1nc(N2CCN(c3ccccc3C#N)CC2)nc2c1S(=O)CC2. The molecule has 2 aliphatic rings. The Hall–Kier alpha value is -2.70. The molecule has 164 valence electrons. The quantitative estimate of drug-likeness (QED) is 0.700. The first-order valence-electron chi connectivity index (χ1n) is 10.7. The fraction of sp³-hybridized carbons (Fsp3) is 0.500. The number of hydrogen-bond acceptors (Lipinski definition) is 8. The number of benzene rings is 1. The Labute approximate surface area is 185 Å². The number of nitrogens with one attached hydrogen (secondary N) is 1. The fourth-order valence-electron chi connectivity index (χ4n) is 4.01. The van der Waals surface area contributed by atoms with Gasteiger partial charge in [0.15, 0.2) is 0 Å². The van der Waals surface area contributed by atoms with E-state index in [-0.39, 0.29) is 18.6 Å². The van der Waals surface area contributed by atoms with Gasteiger partial charge in [-0.2, -0.15) is 10.2 Å². The summed E-state index contributed by atoms with van der Waals surface area (Å²) >= 11 is 0. The molecular formula is C22H28N6O2S. The van der Waals surface area contributed by atoms with E-state index >= 15 is 0 Å². The highest BCUT2D eigenvalue weighted by Crippen LogP contribution is 2.31. The maximum atomic E-state index is 12.6. The highest BCUT2D eigenvalue weighted by molar-refractivity contribution is 7.85. The zero-order chi connectivity index (χ0) is 22.0. The van der Waals surface area contributed by atoms with E-state index in [1.807, 2.05) is 38.1 Å². The van der Waals surface area contributed by atoms with E-state index < -0.39 is 10.8 Å². The van der Waals surface area contributed by atoms with E-state index in [0.29, 0.717) is 34.4 Å². The molecule has 1 aromatic heterocycles. The lowest BCUT2D eigenvalue weighted by molar-refractivity contribution is 0.249. The standard InChI is InChI=1S/C22H28N6O2S/c1-15(2)18(14-29)24-21-20-17(7-12-31(20)30)25-22(26-21)28-10-8-27(9-11-28)19-6-4-3-5-16(19)13-23/h3-6,15,18,29H,7-12,14H2,1-2H3,(H,24,25,26)/t18-,31?/m0/s1. The first kappa shape index (κ1) is 21.5. The molecule has 0 bridgehead atoms. The zero-order valence-corrected chi connectivity index (χ0v) is 18.7. The van der Waals surface area contributed by atoms with E-state index in [1.54, 1.807) is 0 Å². The minimum absolute atomic E-state index is 0.0185. The summed E-state index contributed by atoms with van der Waals surface area (Å²) in [6.45, 7) is 7.04. The third-order valence-electron chi connectivity index (χ3n) is 5.93. The lowest BCUT2D eigenvalue weighted by Gasteiger charge is -2.36. The molecule has 2 aromatic rings. The van der Waals surface area contributed by atoms with Crippen LogP contribution in [-0.2, 0) is 17.2 Å². The van der Waals surface area contributed by atoms with Crippen molar-refractivity contribution in [2.75, 3.05) is 53.7 Å². The summed E-state index contributed by atoms with van der Waals surface area (Å²) in [6.07, 6.45) is 0.674. The van der Waals surface area contributed by atoms with Gasteiger partial charge >= 0.3 is 0 Å². The van der Waals surface area contributed by atoms with Gasteiger partial charge in [0.25, 0.3) is 0 Å². The maximum Gasteiger partial charge on any atom is 0.227 e. The number of aromatic nitrogens is 2. The number of aryl methyl sites for hydroxylation is 1. The highest BCUT2D eigenvalue weighted by Gasteiger charge is 2.29. The Morgan fingerprint density at radius 3 is 2.58 bits per heavy atom. The van der Waals surface area contributed by atoms with Crippen LogP contribution < -0.4 is 15.1 Å². The van der Waals surface area contributed by atoms with Gasteiger partial charge in [0, 0.05) is 38.4 Å². The second kappa shape index (κ2) is 9.20. The van der Waals surface area contributed by atoms with Crippen molar-refractivity contribution >= 4 is 28.3 Å². The number of nitrogens with zero attached hydrogens (tertiary/aromatic N) is 5. The molecule has 3 heterocycles. The molecule has 2 atom stereocenters. The molecule has 31 heavy (non-hydrogen) atoms. The third-order valence-corrected chi connectivity index (χ3v) is 7.39. The van der Waals surface area contributed by atoms with Crippen LogP contribution in [0.25, 0.3) is 0 Å². The second-order valence-electron chi connectivity index (χ2n) is 8.23. The Morgan fingerprint density at radius 1 is 1.19 bits per heavy atom. The number of piperazine rings is 1. The summed E-state index contributed by atoms with van der Waals surface area (Å²) < 4.78 is 12.6. The van der Waals surface area contributed by atoms with Crippen molar-refractivity contribution in [3.63, 3.8) is 0 Å². The lowest BCUT2D eigenvalue weighted by atomic mass is 10.1. The maximum absolute atomic E-state index is 12.6. The number of anilines is 3. The van der Waals surface area contributed by atoms with Crippen LogP contribution in [0, 0.1) is 17.2 Å². The zero-order valence-electron chi connectivity index (χ0n) is 17.9. The third kappa shape index (κ3) is 4.36. The number of aliphatic hydroxyl groups excluding tert-OH is 1. The average Bonchev–Trinajstić information content (AvgIpc) is 3.18. The molecule has 1 aromatic carbocycles. The minimum Gasteiger partial charge on any atom is -0.394 e. The number of para-hydroxylation sites is 1. The largest absolute Gasteiger partial charge is 0.394 e. The fourth-order valence-corrected chi connectivity index (χ4v) is 5.33. The Balaban J connectivity index is 1.56. The lowest BCUT2D eigenvalue weighted by Crippen LogP contribution is -2.47. The molecule has 0 saturated carbocycles. The molecule has 9 heteroatoms. The molecule has 0 spiro atoms. The molecule has 2 aliphatic heterocycles. The van der Waals surface area contributed by atoms with Crippen molar-refractivity contribution in [2.45, 2.75) is 31.2 Å². The second-order valence-corrected chi connectivity index (χ2v) is 9.74. The minimum atomic E-state index is -1.12.